The Morgan fingerprint density at radius 1 is 0.969 bits per heavy atom. The summed E-state index contributed by atoms with van der Waals surface area (Å²) in [4.78, 5) is 32.9. The first-order chi connectivity index (χ1) is 15.5. The lowest BCUT2D eigenvalue weighted by molar-refractivity contribution is -0.121. The fourth-order valence-electron chi connectivity index (χ4n) is 3.49. The maximum atomic E-state index is 12.2. The number of hydrogen-bond acceptors (Lipinski definition) is 7. The first-order valence-corrected chi connectivity index (χ1v) is 10.6. The quantitative estimate of drug-likeness (QED) is 0.614. The van der Waals surface area contributed by atoms with Crippen molar-refractivity contribution in [3.63, 3.8) is 0 Å². The third-order valence-corrected chi connectivity index (χ3v) is 5.25. The molecule has 3 aromatic rings. The summed E-state index contributed by atoms with van der Waals surface area (Å²) in [7, 11) is 0. The van der Waals surface area contributed by atoms with Crippen LogP contribution in [0.4, 0.5) is 10.5 Å². The normalized spacial score (nSPS) is 14.8. The van der Waals surface area contributed by atoms with Crippen LogP contribution in [0.1, 0.15) is 11.5 Å². The van der Waals surface area contributed by atoms with Gasteiger partial charge in [0.15, 0.2) is 0 Å². The third-order valence-electron chi connectivity index (χ3n) is 5.25. The van der Waals surface area contributed by atoms with E-state index < -0.39 is 6.03 Å². The van der Waals surface area contributed by atoms with Gasteiger partial charge in [0.05, 0.1) is 13.1 Å². The average molecular weight is 435 g/mol. The van der Waals surface area contributed by atoms with Crippen LogP contribution < -0.4 is 10.6 Å². The van der Waals surface area contributed by atoms with Crippen LogP contribution in [-0.4, -0.2) is 64.6 Å². The molecule has 0 spiro atoms. The van der Waals surface area contributed by atoms with Crippen LogP contribution in [0.25, 0.3) is 11.4 Å². The van der Waals surface area contributed by atoms with Crippen LogP contribution in [0.2, 0.25) is 0 Å². The maximum absolute atomic E-state index is 12.2. The Kier molecular flexibility index (Phi) is 6.88. The number of nitrogens with one attached hydrogen (secondary N) is 2. The van der Waals surface area contributed by atoms with E-state index in [1.165, 1.54) is 5.56 Å². The highest BCUT2D eigenvalue weighted by atomic mass is 16.5. The molecule has 0 radical (unpaired) electrons. The first-order valence-electron chi connectivity index (χ1n) is 10.6. The lowest BCUT2D eigenvalue weighted by Gasteiger charge is -2.33. The van der Waals surface area contributed by atoms with E-state index >= 15 is 0 Å². The molecule has 4 rings (SSSR count). The van der Waals surface area contributed by atoms with Crippen molar-refractivity contribution in [2.45, 2.75) is 13.5 Å². The molecule has 0 saturated carbocycles. The highest BCUT2D eigenvalue weighted by molar-refractivity contribution is 6.01. The van der Waals surface area contributed by atoms with Crippen molar-refractivity contribution in [1.82, 2.24) is 25.3 Å². The van der Waals surface area contributed by atoms with Gasteiger partial charge in [0.25, 0.3) is 0 Å². The fourth-order valence-corrected chi connectivity index (χ4v) is 3.49. The van der Waals surface area contributed by atoms with E-state index in [-0.39, 0.29) is 12.5 Å². The van der Waals surface area contributed by atoms with E-state index in [4.69, 9.17) is 4.52 Å². The molecule has 9 heteroatoms. The van der Waals surface area contributed by atoms with Gasteiger partial charge in [-0.15, -0.1) is 0 Å². The summed E-state index contributed by atoms with van der Waals surface area (Å²) >= 11 is 0. The molecule has 1 aliphatic heterocycles. The molecule has 9 nitrogen and oxygen atoms in total. The molecule has 166 valence electrons. The molecule has 1 aliphatic rings. The summed E-state index contributed by atoms with van der Waals surface area (Å²) in [6, 6.07) is 16.5. The van der Waals surface area contributed by atoms with Crippen molar-refractivity contribution < 1.29 is 14.1 Å². The zero-order chi connectivity index (χ0) is 22.3. The number of anilines is 1. The monoisotopic (exact) mass is 434 g/mol. The Balaban J connectivity index is 1.19. The molecule has 0 unspecified atom stereocenters. The summed E-state index contributed by atoms with van der Waals surface area (Å²) in [5, 5.41) is 9.09. The highest BCUT2D eigenvalue weighted by Crippen LogP contribution is 2.17. The number of rotatable bonds is 6. The lowest BCUT2D eigenvalue weighted by atomic mass is 10.1. The Bertz CT molecular complexity index is 1040. The van der Waals surface area contributed by atoms with E-state index in [2.05, 4.69) is 25.7 Å². The third kappa shape index (κ3) is 5.99. The van der Waals surface area contributed by atoms with Gasteiger partial charge >= 0.3 is 6.03 Å². The van der Waals surface area contributed by atoms with Gasteiger partial charge in [0.1, 0.15) is 0 Å². The number of benzene rings is 2. The number of aryl methyl sites for hydroxylation is 1. The van der Waals surface area contributed by atoms with Crippen molar-refractivity contribution in [3.8, 4) is 11.4 Å². The second-order valence-corrected chi connectivity index (χ2v) is 7.80. The molecule has 2 heterocycles. The number of hydrogen-bond donors (Lipinski definition) is 2. The zero-order valence-electron chi connectivity index (χ0n) is 18.0. The Hall–Kier alpha value is -3.56. The van der Waals surface area contributed by atoms with Crippen molar-refractivity contribution in [3.05, 3.63) is 66.1 Å². The Morgan fingerprint density at radius 2 is 1.66 bits per heavy atom. The lowest BCUT2D eigenvalue weighted by Crippen LogP contribution is -2.50. The van der Waals surface area contributed by atoms with Crippen LogP contribution in [0.3, 0.4) is 0 Å². The van der Waals surface area contributed by atoms with E-state index in [1.807, 2.05) is 54.3 Å². The van der Waals surface area contributed by atoms with Gasteiger partial charge in [-0.3, -0.25) is 19.9 Å². The number of carbonyl (C=O) groups excluding carboxylic acids is 2. The minimum Gasteiger partial charge on any atom is -0.338 e. The summed E-state index contributed by atoms with van der Waals surface area (Å²) in [5.41, 5.74) is 2.75. The number of carbonyl (C=O) groups is 2. The Labute approximate surface area is 186 Å². The Morgan fingerprint density at radius 3 is 2.38 bits per heavy atom. The highest BCUT2D eigenvalue weighted by Gasteiger charge is 2.21. The average Bonchev–Trinajstić information content (AvgIpc) is 3.24. The molecule has 2 aromatic carbocycles. The smallest absolute Gasteiger partial charge is 0.325 e. The molecular weight excluding hydrogens is 408 g/mol. The second-order valence-electron chi connectivity index (χ2n) is 7.80. The molecule has 3 amide bonds. The minimum atomic E-state index is -0.527. The van der Waals surface area contributed by atoms with Gasteiger partial charge < -0.3 is 9.84 Å². The van der Waals surface area contributed by atoms with Crippen LogP contribution in [0.15, 0.2) is 59.1 Å². The molecule has 0 bridgehead atoms. The van der Waals surface area contributed by atoms with E-state index in [9.17, 15) is 9.59 Å². The van der Waals surface area contributed by atoms with Crippen molar-refractivity contribution >= 4 is 17.6 Å². The number of aromatic nitrogens is 2. The summed E-state index contributed by atoms with van der Waals surface area (Å²) < 4.78 is 5.41. The van der Waals surface area contributed by atoms with Gasteiger partial charge in [-0.05, 0) is 19.1 Å². The molecular formula is C23H26N6O3. The van der Waals surface area contributed by atoms with Crippen LogP contribution >= 0.6 is 0 Å². The van der Waals surface area contributed by atoms with Gasteiger partial charge in [0.2, 0.25) is 17.6 Å². The van der Waals surface area contributed by atoms with E-state index in [0.717, 1.165) is 18.7 Å². The molecule has 0 aliphatic carbocycles. The molecule has 32 heavy (non-hydrogen) atoms. The van der Waals surface area contributed by atoms with Gasteiger partial charge in [-0.25, -0.2) is 4.79 Å². The number of nitrogens with zero attached hydrogens (tertiary/aromatic N) is 4. The van der Waals surface area contributed by atoms with Gasteiger partial charge in [0, 0.05) is 37.4 Å². The maximum Gasteiger partial charge on any atom is 0.325 e. The predicted molar refractivity (Wildman–Crippen MR) is 120 cm³/mol. The van der Waals surface area contributed by atoms with Crippen LogP contribution in [-0.2, 0) is 11.3 Å². The summed E-state index contributed by atoms with van der Waals surface area (Å²) in [6.45, 7) is 5.75. The second kappa shape index (κ2) is 10.2. The standard InChI is InChI=1S/C23H26N6O3/c1-17-7-9-18(10-8-17)22-26-21(32-27-22)16-29-13-11-28(12-14-29)15-20(30)25-23(31)24-19-5-3-2-4-6-19/h2-10H,11-16H2,1H3,(H2,24,25,30,31). The molecule has 0 atom stereocenters. The summed E-state index contributed by atoms with van der Waals surface area (Å²) in [6.07, 6.45) is 0. The topological polar surface area (TPSA) is 104 Å². The molecule has 1 saturated heterocycles. The van der Waals surface area contributed by atoms with Gasteiger partial charge in [-0.2, -0.15) is 4.98 Å². The molecule has 1 aromatic heterocycles. The van der Waals surface area contributed by atoms with Crippen molar-refractivity contribution in [2.75, 3.05) is 38.0 Å². The minimum absolute atomic E-state index is 0.175. The number of piperazine rings is 1. The van der Waals surface area contributed by atoms with Crippen LogP contribution in [0, 0.1) is 6.92 Å². The van der Waals surface area contributed by atoms with Crippen LogP contribution in [0.5, 0.6) is 0 Å². The number of amides is 3. The van der Waals surface area contributed by atoms with Gasteiger partial charge in [-0.1, -0.05) is 53.2 Å². The van der Waals surface area contributed by atoms with E-state index in [1.54, 1.807) is 12.1 Å². The molecule has 1 fully saturated rings. The summed E-state index contributed by atoms with van der Waals surface area (Å²) in [5.74, 6) is 0.833. The SMILES string of the molecule is Cc1ccc(-c2noc(CN3CCN(CC(=O)NC(=O)Nc4ccccc4)CC3)n2)cc1. The predicted octanol–water partition coefficient (Wildman–Crippen LogP) is 2.51. The first kappa shape index (κ1) is 21.7. The zero-order valence-corrected chi connectivity index (χ0v) is 18.0. The number of para-hydroxylation sites is 1. The van der Waals surface area contributed by atoms with E-state index in [0.29, 0.717) is 37.0 Å². The van der Waals surface area contributed by atoms with Crippen molar-refractivity contribution in [2.24, 2.45) is 0 Å². The number of urea groups is 1. The fraction of sp³-hybridized carbons (Fsp3) is 0.304. The molecule has 2 N–H and O–H groups in total. The number of imide groups is 1. The van der Waals surface area contributed by atoms with Crippen molar-refractivity contribution in [1.29, 1.82) is 0 Å². The largest absolute Gasteiger partial charge is 0.338 e.